The van der Waals surface area contributed by atoms with Crippen LogP contribution in [0.25, 0.3) is 5.57 Å². The van der Waals surface area contributed by atoms with Crippen molar-refractivity contribution in [2.75, 3.05) is 4.90 Å². The number of benzene rings is 2. The van der Waals surface area contributed by atoms with E-state index >= 15 is 0 Å². The normalized spacial score (nSPS) is 27.7. The number of carbonyl (C=O) groups excluding carboxylic acids is 2. The van der Waals surface area contributed by atoms with Crippen LogP contribution in [0.15, 0.2) is 66.3 Å². The van der Waals surface area contributed by atoms with Crippen molar-refractivity contribution < 1.29 is 9.59 Å². The lowest BCUT2D eigenvalue weighted by molar-refractivity contribution is -0.122. The fourth-order valence-electron chi connectivity index (χ4n) is 5.02. The number of halogens is 2. The summed E-state index contributed by atoms with van der Waals surface area (Å²) < 4.78 is 0. The van der Waals surface area contributed by atoms with Gasteiger partial charge in [-0.25, -0.2) is 4.90 Å². The summed E-state index contributed by atoms with van der Waals surface area (Å²) in [5.74, 6) is -1.14. The van der Waals surface area contributed by atoms with Crippen molar-refractivity contribution in [2.45, 2.75) is 6.92 Å². The predicted molar refractivity (Wildman–Crippen MR) is 111 cm³/mol. The number of fused-ring (bicyclic) bond motifs is 5. The highest BCUT2D eigenvalue weighted by atomic mass is 35.5. The number of hydrogen-bond acceptors (Lipinski definition) is 2. The van der Waals surface area contributed by atoms with E-state index in [-0.39, 0.29) is 35.5 Å². The van der Waals surface area contributed by atoms with Gasteiger partial charge in [0.05, 0.1) is 22.5 Å². The average Bonchev–Trinajstić information content (AvgIpc) is 3.33. The molecule has 2 aromatic carbocycles. The first-order chi connectivity index (χ1) is 13.5. The van der Waals surface area contributed by atoms with Gasteiger partial charge in [-0.3, -0.25) is 9.59 Å². The summed E-state index contributed by atoms with van der Waals surface area (Å²) in [5, 5.41) is 0.782. The Hall–Kier alpha value is -2.36. The molecule has 0 aromatic heterocycles. The number of imide groups is 1. The van der Waals surface area contributed by atoms with Crippen molar-refractivity contribution in [2.24, 2.45) is 23.7 Å². The summed E-state index contributed by atoms with van der Waals surface area (Å²) in [7, 11) is 0. The topological polar surface area (TPSA) is 37.4 Å². The predicted octanol–water partition coefficient (Wildman–Crippen LogP) is 5.39. The first-order valence-corrected chi connectivity index (χ1v) is 10.0. The molecule has 3 aliphatic rings. The molecule has 140 valence electrons. The molecular formula is C23H17Cl2NO2. The molecular weight excluding hydrogens is 393 g/mol. The SMILES string of the molecule is CC(=C1[C@H]2C=C[C@H]1[C@H]1C(=O)N(c3ccc(Cl)cc3Cl)C(=O)[C@@H]12)c1ccccc1. The molecule has 2 aliphatic carbocycles. The minimum Gasteiger partial charge on any atom is -0.274 e. The molecule has 0 N–H and O–H groups in total. The number of rotatable bonds is 2. The standard InChI is InChI=1S/C23H17Cl2NO2/c1-12(13-5-3-2-4-6-13)19-15-8-9-16(19)21-20(15)22(27)26(23(21)28)18-10-7-14(24)11-17(18)25/h2-11,15-16,20-21H,1H3/t15-,16-,20-,21-/m1/s1. The van der Waals surface area contributed by atoms with Gasteiger partial charge in [0.2, 0.25) is 11.8 Å². The maximum Gasteiger partial charge on any atom is 0.238 e. The lowest BCUT2D eigenvalue weighted by atomic mass is 9.85. The average molecular weight is 410 g/mol. The maximum absolute atomic E-state index is 13.3. The van der Waals surface area contributed by atoms with E-state index in [4.69, 9.17) is 23.2 Å². The Morgan fingerprint density at radius 2 is 1.50 bits per heavy atom. The highest BCUT2D eigenvalue weighted by molar-refractivity contribution is 6.38. The van der Waals surface area contributed by atoms with Crippen molar-refractivity contribution in [1.82, 2.24) is 0 Å². The molecule has 5 rings (SSSR count). The zero-order chi connectivity index (χ0) is 19.6. The van der Waals surface area contributed by atoms with E-state index in [2.05, 4.69) is 31.2 Å². The quantitative estimate of drug-likeness (QED) is 0.492. The van der Waals surface area contributed by atoms with Crippen LogP contribution in [0.3, 0.4) is 0 Å². The smallest absolute Gasteiger partial charge is 0.238 e. The summed E-state index contributed by atoms with van der Waals surface area (Å²) in [6, 6.07) is 15.0. The van der Waals surface area contributed by atoms with Crippen molar-refractivity contribution >= 4 is 46.3 Å². The number of anilines is 1. The molecule has 2 fully saturated rings. The molecule has 2 bridgehead atoms. The van der Waals surface area contributed by atoms with Gasteiger partial charge in [0, 0.05) is 16.9 Å². The van der Waals surface area contributed by atoms with Crippen LogP contribution < -0.4 is 4.90 Å². The van der Waals surface area contributed by atoms with E-state index < -0.39 is 0 Å². The Bertz CT molecular complexity index is 1040. The third-order valence-corrected chi connectivity index (χ3v) is 6.74. The largest absolute Gasteiger partial charge is 0.274 e. The Balaban J connectivity index is 1.56. The van der Waals surface area contributed by atoms with Crippen LogP contribution in [0.5, 0.6) is 0 Å². The zero-order valence-electron chi connectivity index (χ0n) is 15.1. The Morgan fingerprint density at radius 3 is 2.07 bits per heavy atom. The maximum atomic E-state index is 13.3. The Labute approximate surface area is 173 Å². The van der Waals surface area contributed by atoms with Gasteiger partial charge in [0.1, 0.15) is 0 Å². The molecule has 0 unspecified atom stereocenters. The minimum atomic E-state index is -0.358. The van der Waals surface area contributed by atoms with E-state index in [1.165, 1.54) is 10.5 Å². The lowest BCUT2D eigenvalue weighted by Gasteiger charge is -2.21. The molecule has 1 saturated heterocycles. The number of carbonyl (C=O) groups is 2. The van der Waals surface area contributed by atoms with Gasteiger partial charge < -0.3 is 0 Å². The van der Waals surface area contributed by atoms with E-state index in [0.717, 1.165) is 11.1 Å². The van der Waals surface area contributed by atoms with Gasteiger partial charge in [-0.05, 0) is 36.3 Å². The van der Waals surface area contributed by atoms with E-state index in [1.54, 1.807) is 18.2 Å². The summed E-state index contributed by atoms with van der Waals surface area (Å²) in [5.41, 5.74) is 3.91. The third-order valence-electron chi connectivity index (χ3n) is 6.21. The van der Waals surface area contributed by atoms with Crippen molar-refractivity contribution in [3.8, 4) is 0 Å². The van der Waals surface area contributed by atoms with Crippen molar-refractivity contribution in [1.29, 1.82) is 0 Å². The molecule has 2 amide bonds. The van der Waals surface area contributed by atoms with Crippen LogP contribution >= 0.6 is 23.2 Å². The number of hydrogen-bond donors (Lipinski definition) is 0. The summed E-state index contributed by atoms with van der Waals surface area (Å²) in [6.07, 6.45) is 4.18. The van der Waals surface area contributed by atoms with E-state index in [0.29, 0.717) is 15.7 Å². The fraction of sp³-hybridized carbons (Fsp3) is 0.217. The van der Waals surface area contributed by atoms with Gasteiger partial charge in [-0.1, -0.05) is 71.3 Å². The van der Waals surface area contributed by atoms with Crippen LogP contribution in [0.2, 0.25) is 10.0 Å². The molecule has 1 heterocycles. The monoisotopic (exact) mass is 409 g/mol. The van der Waals surface area contributed by atoms with Crippen LogP contribution in [0, 0.1) is 23.7 Å². The molecule has 3 nitrogen and oxygen atoms in total. The van der Waals surface area contributed by atoms with Crippen molar-refractivity contribution in [3.63, 3.8) is 0 Å². The van der Waals surface area contributed by atoms with Gasteiger partial charge >= 0.3 is 0 Å². The zero-order valence-corrected chi connectivity index (χ0v) is 16.6. The number of amides is 2. The highest BCUT2D eigenvalue weighted by Crippen LogP contribution is 2.58. The fourth-order valence-corrected chi connectivity index (χ4v) is 5.51. The number of allylic oxidation sites excluding steroid dienone is 4. The number of nitrogens with zero attached hydrogens (tertiary/aromatic N) is 1. The van der Waals surface area contributed by atoms with Gasteiger partial charge in [-0.15, -0.1) is 0 Å². The second kappa shape index (κ2) is 6.33. The van der Waals surface area contributed by atoms with Crippen LogP contribution in [0.1, 0.15) is 12.5 Å². The minimum absolute atomic E-state index is 0.0391. The highest BCUT2D eigenvalue weighted by Gasteiger charge is 2.62. The lowest BCUT2D eigenvalue weighted by Crippen LogP contribution is -2.33. The first kappa shape index (κ1) is 17.7. The second-order valence-electron chi connectivity index (χ2n) is 7.54. The third kappa shape index (κ3) is 2.36. The molecule has 0 spiro atoms. The molecule has 1 aliphatic heterocycles. The van der Waals surface area contributed by atoms with E-state index in [9.17, 15) is 9.59 Å². The molecule has 5 heteroatoms. The Kier molecular flexibility index (Phi) is 4.01. The second-order valence-corrected chi connectivity index (χ2v) is 8.39. The van der Waals surface area contributed by atoms with Crippen molar-refractivity contribution in [3.05, 3.63) is 81.9 Å². The molecule has 1 saturated carbocycles. The summed E-state index contributed by atoms with van der Waals surface area (Å²) >= 11 is 12.3. The summed E-state index contributed by atoms with van der Waals surface area (Å²) in [6.45, 7) is 2.08. The Morgan fingerprint density at radius 1 is 0.893 bits per heavy atom. The molecule has 2 aromatic rings. The first-order valence-electron chi connectivity index (χ1n) is 9.26. The molecule has 0 radical (unpaired) electrons. The summed E-state index contributed by atoms with van der Waals surface area (Å²) in [4.78, 5) is 27.8. The van der Waals surface area contributed by atoms with E-state index in [1.807, 2.05) is 18.2 Å². The van der Waals surface area contributed by atoms with Gasteiger partial charge in [0.25, 0.3) is 0 Å². The van der Waals surface area contributed by atoms with Crippen LogP contribution in [0.4, 0.5) is 5.69 Å². The molecule has 4 atom stereocenters. The van der Waals surface area contributed by atoms with Crippen LogP contribution in [-0.4, -0.2) is 11.8 Å². The van der Waals surface area contributed by atoms with Crippen LogP contribution in [-0.2, 0) is 9.59 Å². The molecule has 28 heavy (non-hydrogen) atoms. The van der Waals surface area contributed by atoms with Gasteiger partial charge in [0.15, 0.2) is 0 Å². The van der Waals surface area contributed by atoms with Gasteiger partial charge in [-0.2, -0.15) is 0 Å².